The molecule has 1 rings (SSSR count). The third kappa shape index (κ3) is 6.03. The summed E-state index contributed by atoms with van der Waals surface area (Å²) in [5.74, 6) is -0.104. The first-order valence-electron chi connectivity index (χ1n) is 6.46. The van der Waals surface area contributed by atoms with Gasteiger partial charge in [0.05, 0.1) is 5.75 Å². The molecule has 0 aliphatic heterocycles. The van der Waals surface area contributed by atoms with Crippen molar-refractivity contribution in [3.63, 3.8) is 0 Å². The van der Waals surface area contributed by atoms with Crippen molar-refractivity contribution in [1.29, 1.82) is 0 Å². The molecule has 0 fully saturated rings. The van der Waals surface area contributed by atoms with Crippen molar-refractivity contribution < 1.29 is 17.8 Å². The zero-order chi connectivity index (χ0) is 15.3. The number of Topliss-reactive ketones (excluding diaryl/α,β-unsaturated/α-hetero) is 1. The lowest BCUT2D eigenvalue weighted by molar-refractivity contribution is 0.0982. The van der Waals surface area contributed by atoms with Crippen LogP contribution in [0.2, 0.25) is 5.02 Å². The number of rotatable bonds is 7. The fourth-order valence-electron chi connectivity index (χ4n) is 1.89. The van der Waals surface area contributed by atoms with Gasteiger partial charge in [-0.25, -0.2) is 0 Å². The van der Waals surface area contributed by atoms with Crippen LogP contribution in [0.25, 0.3) is 0 Å². The molecule has 1 aromatic carbocycles. The minimum Gasteiger partial charge on any atom is -0.294 e. The molecule has 1 N–H and O–H groups in total. The zero-order valence-corrected chi connectivity index (χ0v) is 13.2. The molecule has 0 saturated heterocycles. The molecule has 1 aromatic rings. The van der Waals surface area contributed by atoms with Gasteiger partial charge >= 0.3 is 0 Å². The monoisotopic (exact) mass is 318 g/mol. The molecule has 20 heavy (non-hydrogen) atoms. The van der Waals surface area contributed by atoms with E-state index in [0.29, 0.717) is 16.5 Å². The summed E-state index contributed by atoms with van der Waals surface area (Å²) in [5.41, 5.74) is 1.47. The Labute approximate surface area is 124 Å². The van der Waals surface area contributed by atoms with Gasteiger partial charge < -0.3 is 0 Å². The van der Waals surface area contributed by atoms with Gasteiger partial charge in [-0.05, 0) is 30.4 Å². The van der Waals surface area contributed by atoms with E-state index in [0.717, 1.165) is 12.0 Å². The van der Waals surface area contributed by atoms with Crippen LogP contribution in [0, 0.1) is 5.92 Å². The fourth-order valence-corrected chi connectivity index (χ4v) is 2.65. The molecule has 0 amide bonds. The van der Waals surface area contributed by atoms with Gasteiger partial charge in [0, 0.05) is 17.0 Å². The van der Waals surface area contributed by atoms with E-state index in [-0.39, 0.29) is 18.6 Å². The van der Waals surface area contributed by atoms with Crippen LogP contribution in [0.15, 0.2) is 18.2 Å². The molecule has 6 heteroatoms. The third-order valence-corrected chi connectivity index (χ3v) is 3.97. The lowest BCUT2D eigenvalue weighted by Gasteiger charge is -2.09. The highest BCUT2D eigenvalue weighted by Gasteiger charge is 2.11. The second-order valence-electron chi connectivity index (χ2n) is 5.22. The van der Waals surface area contributed by atoms with Crippen molar-refractivity contribution in [2.24, 2.45) is 5.92 Å². The molecule has 0 bridgehead atoms. The molecule has 112 valence electrons. The van der Waals surface area contributed by atoms with Gasteiger partial charge in [-0.3, -0.25) is 9.35 Å². The Morgan fingerprint density at radius 2 is 2.00 bits per heavy atom. The average Bonchev–Trinajstić information content (AvgIpc) is 2.29. The van der Waals surface area contributed by atoms with Crippen molar-refractivity contribution in [3.05, 3.63) is 34.3 Å². The lowest BCUT2D eigenvalue weighted by Crippen LogP contribution is -2.07. The van der Waals surface area contributed by atoms with E-state index in [2.05, 4.69) is 13.8 Å². The minimum absolute atomic E-state index is 0.0691. The Morgan fingerprint density at radius 3 is 2.50 bits per heavy atom. The van der Waals surface area contributed by atoms with Crippen LogP contribution < -0.4 is 0 Å². The van der Waals surface area contributed by atoms with Crippen LogP contribution >= 0.6 is 11.6 Å². The highest BCUT2D eigenvalue weighted by atomic mass is 35.5. The molecule has 0 aliphatic carbocycles. The molecular formula is C14H19ClO4S. The normalized spacial score (nSPS) is 11.8. The number of hydrogen-bond donors (Lipinski definition) is 1. The summed E-state index contributed by atoms with van der Waals surface area (Å²) >= 11 is 6.14. The van der Waals surface area contributed by atoms with Crippen molar-refractivity contribution in [3.8, 4) is 0 Å². The van der Waals surface area contributed by atoms with Crippen molar-refractivity contribution in [2.75, 3.05) is 5.75 Å². The SMILES string of the molecule is CC(C)Cc1ccc(C(=O)CCCS(=O)(=O)O)cc1Cl. The molecule has 0 spiro atoms. The second kappa shape index (κ2) is 7.20. The van der Waals surface area contributed by atoms with Crippen LogP contribution in [-0.2, 0) is 16.5 Å². The Balaban J connectivity index is 2.68. The summed E-state index contributed by atoms with van der Waals surface area (Å²) < 4.78 is 29.8. The van der Waals surface area contributed by atoms with Gasteiger partial charge in [0.15, 0.2) is 5.78 Å². The number of carbonyl (C=O) groups excluding carboxylic acids is 1. The number of ketones is 1. The number of carbonyl (C=O) groups is 1. The standard InChI is InChI=1S/C14H19ClO4S/c1-10(2)8-11-5-6-12(9-13(11)15)14(16)4-3-7-20(17,18)19/h5-6,9-10H,3-4,7-8H2,1-2H3,(H,17,18,19). The fraction of sp³-hybridized carbons (Fsp3) is 0.500. The zero-order valence-electron chi connectivity index (χ0n) is 11.6. The molecule has 0 unspecified atom stereocenters. The molecule has 0 radical (unpaired) electrons. The Bertz CT molecular complexity index is 579. The summed E-state index contributed by atoms with van der Waals surface area (Å²) in [7, 11) is -4.01. The summed E-state index contributed by atoms with van der Waals surface area (Å²) in [6.45, 7) is 4.18. The quantitative estimate of drug-likeness (QED) is 0.618. The van der Waals surface area contributed by atoms with Crippen LogP contribution in [0.3, 0.4) is 0 Å². The third-order valence-electron chi connectivity index (χ3n) is 2.81. The molecule has 0 aromatic heterocycles. The van der Waals surface area contributed by atoms with Crippen LogP contribution in [0.5, 0.6) is 0 Å². The summed E-state index contributed by atoms with van der Waals surface area (Å²) in [5, 5.41) is 0.555. The predicted octanol–water partition coefficient (Wildman–Crippen LogP) is 3.39. The average molecular weight is 319 g/mol. The van der Waals surface area contributed by atoms with Gasteiger partial charge in [-0.1, -0.05) is 37.6 Å². The molecule has 0 aliphatic rings. The molecule has 0 atom stereocenters. The molecule has 0 heterocycles. The second-order valence-corrected chi connectivity index (χ2v) is 7.20. The van der Waals surface area contributed by atoms with Gasteiger partial charge in [-0.15, -0.1) is 0 Å². The van der Waals surface area contributed by atoms with Crippen LogP contribution in [0.1, 0.15) is 42.6 Å². The van der Waals surface area contributed by atoms with Crippen molar-refractivity contribution in [2.45, 2.75) is 33.1 Å². The maximum Gasteiger partial charge on any atom is 0.264 e. The van der Waals surface area contributed by atoms with E-state index < -0.39 is 15.9 Å². The Hall–Kier alpha value is -0.910. The molecule has 4 nitrogen and oxygen atoms in total. The van der Waals surface area contributed by atoms with Gasteiger partial charge in [0.1, 0.15) is 0 Å². The maximum absolute atomic E-state index is 11.9. The highest BCUT2D eigenvalue weighted by molar-refractivity contribution is 7.85. The van der Waals surface area contributed by atoms with Crippen molar-refractivity contribution in [1.82, 2.24) is 0 Å². The minimum atomic E-state index is -4.01. The largest absolute Gasteiger partial charge is 0.294 e. The molecule has 0 saturated carbocycles. The first kappa shape index (κ1) is 17.1. The number of halogens is 1. The summed E-state index contributed by atoms with van der Waals surface area (Å²) in [6.07, 6.45) is 1.01. The summed E-state index contributed by atoms with van der Waals surface area (Å²) in [6, 6.07) is 5.16. The van der Waals surface area contributed by atoms with E-state index in [1.165, 1.54) is 0 Å². The van der Waals surface area contributed by atoms with Crippen molar-refractivity contribution >= 4 is 27.5 Å². The first-order valence-corrected chi connectivity index (χ1v) is 8.44. The highest BCUT2D eigenvalue weighted by Crippen LogP contribution is 2.22. The molecular weight excluding hydrogens is 300 g/mol. The topological polar surface area (TPSA) is 71.4 Å². The van der Waals surface area contributed by atoms with Gasteiger partial charge in [-0.2, -0.15) is 8.42 Å². The van der Waals surface area contributed by atoms with E-state index >= 15 is 0 Å². The van der Waals surface area contributed by atoms with E-state index in [9.17, 15) is 13.2 Å². The van der Waals surface area contributed by atoms with Gasteiger partial charge in [0.25, 0.3) is 10.1 Å². The Morgan fingerprint density at radius 1 is 1.35 bits per heavy atom. The van der Waals surface area contributed by atoms with Crippen LogP contribution in [0.4, 0.5) is 0 Å². The first-order chi connectivity index (χ1) is 9.19. The lowest BCUT2D eigenvalue weighted by atomic mass is 9.99. The van der Waals surface area contributed by atoms with E-state index in [1.807, 2.05) is 6.07 Å². The smallest absolute Gasteiger partial charge is 0.264 e. The maximum atomic E-state index is 11.9. The van der Waals surface area contributed by atoms with Gasteiger partial charge in [0.2, 0.25) is 0 Å². The summed E-state index contributed by atoms with van der Waals surface area (Å²) in [4.78, 5) is 11.9. The Kier molecular flexibility index (Phi) is 6.17. The van der Waals surface area contributed by atoms with Crippen LogP contribution in [-0.4, -0.2) is 24.5 Å². The number of hydrogen-bond acceptors (Lipinski definition) is 3. The predicted molar refractivity (Wildman–Crippen MR) is 80.0 cm³/mol. The number of benzene rings is 1. The van der Waals surface area contributed by atoms with E-state index in [4.69, 9.17) is 16.2 Å². The van der Waals surface area contributed by atoms with E-state index in [1.54, 1.807) is 12.1 Å².